The Morgan fingerprint density at radius 1 is 1.16 bits per heavy atom. The first kappa shape index (κ1) is 16.2. The average molecular weight is 352 g/mol. The fourth-order valence-electron chi connectivity index (χ4n) is 3.76. The van der Waals surface area contributed by atoms with Gasteiger partial charge >= 0.3 is 6.18 Å². The van der Waals surface area contributed by atoms with Crippen LogP contribution in [0.15, 0.2) is 12.4 Å². The maximum atomic E-state index is 12.9. The van der Waals surface area contributed by atoms with Crippen LogP contribution in [0.2, 0.25) is 0 Å². The second-order valence-electron chi connectivity index (χ2n) is 6.80. The Bertz CT molecular complexity index is 790. The predicted octanol–water partition coefficient (Wildman–Crippen LogP) is 3.76. The van der Waals surface area contributed by atoms with E-state index >= 15 is 0 Å². The van der Waals surface area contributed by atoms with E-state index in [0.717, 1.165) is 36.6 Å². The molecule has 2 heterocycles. The van der Waals surface area contributed by atoms with Gasteiger partial charge in [0.2, 0.25) is 5.95 Å². The zero-order chi connectivity index (χ0) is 17.8. The lowest BCUT2D eigenvalue weighted by molar-refractivity contribution is -0.137. The summed E-state index contributed by atoms with van der Waals surface area (Å²) in [5.41, 5.74) is 0.765. The molecule has 6 nitrogen and oxygen atoms in total. The third kappa shape index (κ3) is 2.91. The Kier molecular flexibility index (Phi) is 3.62. The number of fused-ring (bicyclic) bond motifs is 1. The molecule has 2 aromatic heterocycles. The fraction of sp³-hybridized carbons (Fsp3) is 0.562. The average Bonchev–Trinajstić information content (AvgIpc) is 3.00. The van der Waals surface area contributed by atoms with E-state index < -0.39 is 11.7 Å². The van der Waals surface area contributed by atoms with Crippen LogP contribution < -0.4 is 10.6 Å². The topological polar surface area (TPSA) is 67.7 Å². The number of nitrogens with one attached hydrogen (secondary N) is 2. The summed E-state index contributed by atoms with van der Waals surface area (Å²) in [5, 5.41) is 9.90. The highest BCUT2D eigenvalue weighted by molar-refractivity contribution is 5.58. The summed E-state index contributed by atoms with van der Waals surface area (Å²) >= 11 is 0. The van der Waals surface area contributed by atoms with E-state index in [1.807, 2.05) is 11.6 Å². The third-order valence-corrected chi connectivity index (χ3v) is 5.19. The minimum Gasteiger partial charge on any atom is -0.372 e. The van der Waals surface area contributed by atoms with Gasteiger partial charge in [0.25, 0.3) is 0 Å². The maximum Gasteiger partial charge on any atom is 0.421 e. The molecule has 0 spiro atoms. The van der Waals surface area contributed by atoms with Gasteiger partial charge in [-0.05, 0) is 38.0 Å². The first-order valence-corrected chi connectivity index (χ1v) is 8.30. The second kappa shape index (κ2) is 5.60. The molecule has 0 bridgehead atoms. The molecule has 4 rings (SSSR count). The van der Waals surface area contributed by atoms with E-state index in [-0.39, 0.29) is 11.8 Å². The van der Waals surface area contributed by atoms with Crippen molar-refractivity contribution in [3.8, 4) is 0 Å². The van der Waals surface area contributed by atoms with Crippen LogP contribution >= 0.6 is 0 Å². The van der Waals surface area contributed by atoms with Gasteiger partial charge in [-0.25, -0.2) is 4.98 Å². The van der Waals surface area contributed by atoms with Gasteiger partial charge in [0.05, 0.1) is 23.6 Å². The van der Waals surface area contributed by atoms with Crippen LogP contribution in [-0.2, 0) is 6.18 Å². The summed E-state index contributed by atoms with van der Waals surface area (Å²) in [7, 11) is 1.40. The molecule has 0 saturated heterocycles. The Morgan fingerprint density at radius 3 is 2.52 bits per heavy atom. The first-order valence-electron chi connectivity index (χ1n) is 8.30. The molecule has 3 atom stereocenters. The van der Waals surface area contributed by atoms with Crippen LogP contribution in [-0.4, -0.2) is 26.8 Å². The molecule has 2 fully saturated rings. The normalized spacial score (nSPS) is 24.9. The van der Waals surface area contributed by atoms with Gasteiger partial charge in [0, 0.05) is 13.2 Å². The lowest BCUT2D eigenvalue weighted by atomic mass is 10.1. The van der Waals surface area contributed by atoms with Crippen molar-refractivity contribution in [1.82, 2.24) is 19.7 Å². The molecule has 2 aliphatic carbocycles. The van der Waals surface area contributed by atoms with E-state index in [1.54, 1.807) is 6.20 Å². The van der Waals surface area contributed by atoms with E-state index in [4.69, 9.17) is 0 Å². The number of halogens is 3. The molecule has 0 aromatic carbocycles. The number of rotatable bonds is 4. The summed E-state index contributed by atoms with van der Waals surface area (Å²) in [6.45, 7) is 1.95. The number of hydrogen-bond donors (Lipinski definition) is 2. The minimum atomic E-state index is -4.50. The summed E-state index contributed by atoms with van der Waals surface area (Å²) in [6, 6.07) is 0.417. The highest BCUT2D eigenvalue weighted by atomic mass is 19.4. The Hall–Kier alpha value is -2.32. The summed E-state index contributed by atoms with van der Waals surface area (Å²) in [6.07, 6.45) is 1.63. The van der Waals surface area contributed by atoms with Crippen molar-refractivity contribution in [2.24, 2.45) is 11.8 Å². The van der Waals surface area contributed by atoms with Crippen molar-refractivity contribution in [3.05, 3.63) is 23.7 Å². The first-order chi connectivity index (χ1) is 11.9. The van der Waals surface area contributed by atoms with Gasteiger partial charge in [-0.3, -0.25) is 4.68 Å². The van der Waals surface area contributed by atoms with Crippen molar-refractivity contribution in [1.29, 1.82) is 0 Å². The van der Waals surface area contributed by atoms with Crippen molar-refractivity contribution in [2.45, 2.75) is 38.4 Å². The molecular weight excluding hydrogens is 333 g/mol. The lowest BCUT2D eigenvalue weighted by Gasteiger charge is -2.15. The molecule has 134 valence electrons. The van der Waals surface area contributed by atoms with Gasteiger partial charge in [-0.15, -0.1) is 0 Å². The van der Waals surface area contributed by atoms with E-state index in [9.17, 15) is 13.2 Å². The molecule has 2 aromatic rings. The van der Waals surface area contributed by atoms with Crippen molar-refractivity contribution in [3.63, 3.8) is 0 Å². The highest BCUT2D eigenvalue weighted by Gasteiger charge is 2.47. The molecule has 2 N–H and O–H groups in total. The molecule has 0 radical (unpaired) electrons. The van der Waals surface area contributed by atoms with Crippen molar-refractivity contribution >= 4 is 17.5 Å². The SMILES string of the molecule is CNc1nc(Nc2cnn(C3C[C@@H]4C[C@@H]4C3)c2C)ncc1C(F)(F)F. The molecule has 2 aliphatic rings. The zero-order valence-corrected chi connectivity index (χ0v) is 13.9. The van der Waals surface area contributed by atoms with Crippen LogP contribution in [0.3, 0.4) is 0 Å². The minimum absolute atomic E-state index is 0.106. The van der Waals surface area contributed by atoms with Crippen LogP contribution in [0.25, 0.3) is 0 Å². The number of anilines is 3. The summed E-state index contributed by atoms with van der Waals surface area (Å²) in [5.74, 6) is 1.54. The van der Waals surface area contributed by atoms with E-state index in [1.165, 1.54) is 13.5 Å². The van der Waals surface area contributed by atoms with Crippen LogP contribution in [0.4, 0.5) is 30.6 Å². The van der Waals surface area contributed by atoms with E-state index in [2.05, 4.69) is 25.7 Å². The van der Waals surface area contributed by atoms with Crippen LogP contribution in [0, 0.1) is 18.8 Å². The number of alkyl halides is 3. The maximum absolute atomic E-state index is 12.9. The van der Waals surface area contributed by atoms with Crippen LogP contribution in [0.5, 0.6) is 0 Å². The largest absolute Gasteiger partial charge is 0.421 e. The molecule has 9 heteroatoms. The number of nitrogens with zero attached hydrogens (tertiary/aromatic N) is 4. The molecule has 2 saturated carbocycles. The van der Waals surface area contributed by atoms with Gasteiger partial charge in [0.1, 0.15) is 11.4 Å². The molecule has 1 unspecified atom stereocenters. The number of hydrogen-bond acceptors (Lipinski definition) is 5. The fourth-order valence-corrected chi connectivity index (χ4v) is 3.76. The number of aromatic nitrogens is 4. The third-order valence-electron chi connectivity index (χ3n) is 5.19. The van der Waals surface area contributed by atoms with Gasteiger partial charge in [-0.2, -0.15) is 23.3 Å². The van der Waals surface area contributed by atoms with Gasteiger partial charge < -0.3 is 10.6 Å². The Balaban J connectivity index is 1.55. The second-order valence-corrected chi connectivity index (χ2v) is 6.80. The lowest BCUT2D eigenvalue weighted by Crippen LogP contribution is -2.13. The standard InChI is InChI=1S/C16H19F3N6/c1-8-13(7-22-25(8)11-4-9-3-10(9)5-11)23-15-21-6-12(16(17,18)19)14(20-2)24-15/h6-7,9-11H,3-5H2,1-2H3,(H2,20,21,23,24)/t9-,10+,11?. The predicted molar refractivity (Wildman–Crippen MR) is 86.7 cm³/mol. The molecular formula is C16H19F3N6. The molecule has 0 amide bonds. The smallest absolute Gasteiger partial charge is 0.372 e. The molecule has 0 aliphatic heterocycles. The van der Waals surface area contributed by atoms with E-state index in [0.29, 0.717) is 11.7 Å². The Morgan fingerprint density at radius 2 is 1.88 bits per heavy atom. The quantitative estimate of drug-likeness (QED) is 0.877. The van der Waals surface area contributed by atoms with Crippen LogP contribution in [0.1, 0.15) is 36.6 Å². The monoisotopic (exact) mass is 352 g/mol. The Labute approximate surface area is 142 Å². The van der Waals surface area contributed by atoms with Gasteiger partial charge in [0.15, 0.2) is 0 Å². The highest BCUT2D eigenvalue weighted by Crippen LogP contribution is 2.56. The van der Waals surface area contributed by atoms with Crippen molar-refractivity contribution < 1.29 is 13.2 Å². The molecule has 25 heavy (non-hydrogen) atoms. The summed E-state index contributed by atoms with van der Waals surface area (Å²) < 4.78 is 40.8. The van der Waals surface area contributed by atoms with Gasteiger partial charge in [-0.1, -0.05) is 0 Å². The zero-order valence-electron chi connectivity index (χ0n) is 13.9. The van der Waals surface area contributed by atoms with Crippen molar-refractivity contribution in [2.75, 3.05) is 17.7 Å². The summed E-state index contributed by atoms with van der Waals surface area (Å²) in [4.78, 5) is 7.73.